The lowest BCUT2D eigenvalue weighted by atomic mass is 10.2. The van der Waals surface area contributed by atoms with E-state index < -0.39 is 29.3 Å². The quantitative estimate of drug-likeness (QED) is 0.360. The highest BCUT2D eigenvalue weighted by Gasteiger charge is 2.36. The molecular weight excluding hydrogens is 241 g/mol. The van der Waals surface area contributed by atoms with E-state index in [0.717, 1.165) is 6.92 Å². The van der Waals surface area contributed by atoms with Gasteiger partial charge < -0.3 is 9.84 Å². The molecule has 0 spiro atoms. The van der Waals surface area contributed by atoms with Crippen molar-refractivity contribution in [3.63, 3.8) is 0 Å². The van der Waals surface area contributed by atoms with Crippen LogP contribution in [-0.2, 0) is 14.3 Å². The molecule has 0 rings (SSSR count). The fraction of sp³-hybridized carbons (Fsp3) is 0.400. The van der Waals surface area contributed by atoms with Gasteiger partial charge >= 0.3 is 12.1 Å². The zero-order valence-electron chi connectivity index (χ0n) is 9.17. The van der Waals surface area contributed by atoms with Gasteiger partial charge in [0.1, 0.15) is 5.76 Å². The molecule has 7 heteroatoms. The second-order valence-electron chi connectivity index (χ2n) is 2.91. The summed E-state index contributed by atoms with van der Waals surface area (Å²) in [7, 11) is 0. The number of aliphatic hydroxyl groups excluding tert-OH is 1. The molecule has 0 saturated carbocycles. The largest absolute Gasteiger partial charge is 0.512 e. The molecule has 0 fully saturated rings. The minimum absolute atomic E-state index is 0.00330. The van der Waals surface area contributed by atoms with E-state index >= 15 is 0 Å². The zero-order chi connectivity index (χ0) is 13.6. The maximum atomic E-state index is 11.9. The van der Waals surface area contributed by atoms with Gasteiger partial charge in [0.25, 0.3) is 5.78 Å². The van der Waals surface area contributed by atoms with E-state index in [1.165, 1.54) is 6.92 Å². The molecule has 0 bridgehead atoms. The van der Waals surface area contributed by atoms with Crippen molar-refractivity contribution in [2.24, 2.45) is 0 Å². The van der Waals surface area contributed by atoms with E-state index in [-0.39, 0.29) is 12.7 Å². The van der Waals surface area contributed by atoms with Gasteiger partial charge in [-0.25, -0.2) is 4.79 Å². The summed E-state index contributed by atoms with van der Waals surface area (Å²) in [5.41, 5.74) is -0.496. The van der Waals surface area contributed by atoms with Crippen molar-refractivity contribution >= 4 is 11.8 Å². The first-order valence-electron chi connectivity index (χ1n) is 4.56. The van der Waals surface area contributed by atoms with Crippen LogP contribution in [0.3, 0.4) is 0 Å². The Labute approximate surface area is 95.4 Å². The van der Waals surface area contributed by atoms with Crippen molar-refractivity contribution in [1.29, 1.82) is 0 Å². The number of halogens is 3. The lowest BCUT2D eigenvalue weighted by Crippen LogP contribution is -2.20. The molecule has 0 atom stereocenters. The van der Waals surface area contributed by atoms with Gasteiger partial charge in [-0.2, -0.15) is 13.2 Å². The molecule has 1 N–H and O–H groups in total. The first kappa shape index (κ1) is 15.2. The number of carbonyl (C=O) groups excluding carboxylic acids is 2. The summed E-state index contributed by atoms with van der Waals surface area (Å²) in [6, 6.07) is 0. The normalized spacial score (nSPS) is 13.5. The zero-order valence-corrected chi connectivity index (χ0v) is 9.17. The number of hydrogen-bond acceptors (Lipinski definition) is 4. The molecule has 0 radical (unpaired) electrons. The molecule has 0 aliphatic carbocycles. The molecule has 0 aromatic rings. The lowest BCUT2D eigenvalue weighted by molar-refractivity contribution is -0.165. The van der Waals surface area contributed by atoms with Crippen LogP contribution in [0, 0.1) is 0 Å². The Hall–Kier alpha value is -1.79. The Kier molecular flexibility index (Phi) is 5.43. The number of carbonyl (C=O) groups is 2. The molecule has 0 amide bonds. The monoisotopic (exact) mass is 252 g/mol. The predicted octanol–water partition coefficient (Wildman–Crippen LogP) is 2.07. The number of ketones is 1. The van der Waals surface area contributed by atoms with Gasteiger partial charge in [0.2, 0.25) is 0 Å². The maximum Gasteiger partial charge on any atom is 0.454 e. The van der Waals surface area contributed by atoms with Crippen molar-refractivity contribution < 1.29 is 32.6 Å². The van der Waals surface area contributed by atoms with E-state index in [4.69, 9.17) is 5.11 Å². The van der Waals surface area contributed by atoms with Crippen LogP contribution in [0.5, 0.6) is 0 Å². The van der Waals surface area contributed by atoms with Crippen molar-refractivity contribution in [2.75, 3.05) is 6.61 Å². The second kappa shape index (κ2) is 6.07. The summed E-state index contributed by atoms with van der Waals surface area (Å²) >= 11 is 0. The highest BCUT2D eigenvalue weighted by molar-refractivity contribution is 5.98. The third-order valence-electron chi connectivity index (χ3n) is 1.57. The molecule has 0 unspecified atom stereocenters. The number of aliphatic hydroxyl groups is 1. The van der Waals surface area contributed by atoms with Crippen molar-refractivity contribution in [2.45, 2.75) is 20.0 Å². The third kappa shape index (κ3) is 5.19. The standard InChI is InChI=1S/C10H11F3O4/c1-3-17-9(16)7(6(2)14)4-5-8(15)10(11,12)13/h4-5,14H,3H2,1-2H3/b5-4+,7-6-. The summed E-state index contributed by atoms with van der Waals surface area (Å²) in [6.07, 6.45) is -4.28. The second-order valence-corrected chi connectivity index (χ2v) is 2.91. The fourth-order valence-electron chi connectivity index (χ4n) is 0.799. The van der Waals surface area contributed by atoms with Crippen LogP contribution < -0.4 is 0 Å². The SMILES string of the molecule is CCOC(=O)C(/C=C/C(=O)C(F)(F)F)=C(/C)O. The van der Waals surface area contributed by atoms with Gasteiger partial charge in [-0.15, -0.1) is 0 Å². The van der Waals surface area contributed by atoms with Gasteiger partial charge in [0.05, 0.1) is 12.2 Å². The number of hydrogen-bond donors (Lipinski definition) is 1. The first-order valence-corrected chi connectivity index (χ1v) is 4.56. The predicted molar refractivity (Wildman–Crippen MR) is 52.2 cm³/mol. The van der Waals surface area contributed by atoms with Gasteiger partial charge in [-0.3, -0.25) is 4.79 Å². The molecule has 0 saturated heterocycles. The van der Waals surface area contributed by atoms with Crippen LogP contribution in [0.25, 0.3) is 0 Å². The van der Waals surface area contributed by atoms with Crippen LogP contribution in [0.15, 0.2) is 23.5 Å². The number of esters is 1. The minimum Gasteiger partial charge on any atom is -0.512 e. The molecule has 0 aromatic carbocycles. The van der Waals surface area contributed by atoms with Gasteiger partial charge in [0, 0.05) is 0 Å². The van der Waals surface area contributed by atoms with Crippen LogP contribution in [0.1, 0.15) is 13.8 Å². The van der Waals surface area contributed by atoms with E-state index in [1.54, 1.807) is 0 Å². The third-order valence-corrected chi connectivity index (χ3v) is 1.57. The highest BCUT2D eigenvalue weighted by Crippen LogP contribution is 2.17. The molecule has 17 heavy (non-hydrogen) atoms. The fourth-order valence-corrected chi connectivity index (χ4v) is 0.799. The van der Waals surface area contributed by atoms with E-state index in [2.05, 4.69) is 4.74 Å². The van der Waals surface area contributed by atoms with Crippen LogP contribution >= 0.6 is 0 Å². The van der Waals surface area contributed by atoms with E-state index in [0.29, 0.717) is 6.08 Å². The summed E-state index contributed by atoms with van der Waals surface area (Å²) in [5, 5.41) is 9.06. The Balaban J connectivity index is 4.94. The summed E-state index contributed by atoms with van der Waals surface area (Å²) in [4.78, 5) is 21.7. The Morgan fingerprint density at radius 1 is 1.29 bits per heavy atom. The van der Waals surface area contributed by atoms with Gasteiger partial charge in [0.15, 0.2) is 0 Å². The van der Waals surface area contributed by atoms with Crippen molar-refractivity contribution in [1.82, 2.24) is 0 Å². The van der Waals surface area contributed by atoms with E-state index in [1.807, 2.05) is 0 Å². The average molecular weight is 252 g/mol. The van der Waals surface area contributed by atoms with Crippen LogP contribution in [0.2, 0.25) is 0 Å². The molecule has 4 nitrogen and oxygen atoms in total. The summed E-state index contributed by atoms with van der Waals surface area (Å²) in [5.74, 6) is -3.66. The van der Waals surface area contributed by atoms with Crippen molar-refractivity contribution in [3.05, 3.63) is 23.5 Å². The lowest BCUT2D eigenvalue weighted by Gasteiger charge is -2.04. The average Bonchev–Trinajstić information content (AvgIpc) is 2.16. The highest BCUT2D eigenvalue weighted by atomic mass is 19.4. The summed E-state index contributed by atoms with van der Waals surface area (Å²) in [6.45, 7) is 2.58. The smallest absolute Gasteiger partial charge is 0.454 e. The number of alkyl halides is 3. The summed E-state index contributed by atoms with van der Waals surface area (Å²) < 4.78 is 40.0. The first-order chi connectivity index (χ1) is 7.70. The Morgan fingerprint density at radius 3 is 2.18 bits per heavy atom. The topological polar surface area (TPSA) is 63.6 Å². The molecule has 0 aliphatic heterocycles. The minimum atomic E-state index is -5.01. The van der Waals surface area contributed by atoms with Gasteiger partial charge in [-0.1, -0.05) is 0 Å². The molecular formula is C10H11F3O4. The maximum absolute atomic E-state index is 11.9. The number of rotatable bonds is 4. The number of allylic oxidation sites excluding steroid dienone is 2. The van der Waals surface area contributed by atoms with Crippen LogP contribution in [-0.4, -0.2) is 29.6 Å². The van der Waals surface area contributed by atoms with E-state index in [9.17, 15) is 22.8 Å². The molecule has 0 aromatic heterocycles. The number of ether oxygens (including phenoxy) is 1. The Morgan fingerprint density at radius 2 is 1.82 bits per heavy atom. The van der Waals surface area contributed by atoms with Gasteiger partial charge in [-0.05, 0) is 26.0 Å². The Bertz CT molecular complexity index is 362. The molecule has 0 heterocycles. The van der Waals surface area contributed by atoms with Crippen molar-refractivity contribution in [3.8, 4) is 0 Å². The molecule has 96 valence electrons. The molecule has 0 aliphatic rings. The van der Waals surface area contributed by atoms with Crippen LogP contribution in [0.4, 0.5) is 13.2 Å².